The molecule has 0 saturated heterocycles. The van der Waals surface area contributed by atoms with E-state index in [1.165, 1.54) is 0 Å². The summed E-state index contributed by atoms with van der Waals surface area (Å²) >= 11 is 3.41. The molecule has 1 aromatic carbocycles. The van der Waals surface area contributed by atoms with Crippen LogP contribution >= 0.6 is 15.9 Å². The molecule has 0 saturated carbocycles. The Bertz CT molecular complexity index is 466. The van der Waals surface area contributed by atoms with E-state index in [0.717, 1.165) is 22.0 Å². The van der Waals surface area contributed by atoms with Crippen molar-refractivity contribution in [3.8, 4) is 0 Å². The Kier molecular flexibility index (Phi) is 7.09. The van der Waals surface area contributed by atoms with Gasteiger partial charge in [0.25, 0.3) is 0 Å². The van der Waals surface area contributed by atoms with E-state index in [4.69, 9.17) is 0 Å². The quantitative estimate of drug-likeness (QED) is 0.776. The highest BCUT2D eigenvalue weighted by atomic mass is 79.9. The maximum absolute atomic E-state index is 11.5. The molecule has 0 heterocycles. The van der Waals surface area contributed by atoms with Crippen molar-refractivity contribution in [1.82, 2.24) is 10.6 Å². The van der Waals surface area contributed by atoms with Crippen molar-refractivity contribution in [3.05, 3.63) is 33.8 Å². The normalized spacial score (nSPS) is 11.9. The number of halogens is 1. The minimum Gasteiger partial charge on any atom is -0.338 e. The maximum Gasteiger partial charge on any atom is 0.315 e. The number of carbonyl (C=O) groups is 1. The third-order valence-electron chi connectivity index (χ3n) is 2.64. The lowest BCUT2D eigenvalue weighted by Crippen LogP contribution is -2.36. The highest BCUT2D eigenvalue weighted by molar-refractivity contribution is 9.10. The van der Waals surface area contributed by atoms with Gasteiger partial charge in [0.2, 0.25) is 0 Å². The molecule has 106 valence electrons. The average molecular weight is 347 g/mol. The molecule has 2 amide bonds. The fraction of sp³-hybridized carbons (Fsp3) is 0.462. The summed E-state index contributed by atoms with van der Waals surface area (Å²) < 4.78 is 11.9. The van der Waals surface area contributed by atoms with Gasteiger partial charge in [0.1, 0.15) is 0 Å². The Labute approximate surface area is 124 Å². The van der Waals surface area contributed by atoms with E-state index in [-0.39, 0.29) is 6.03 Å². The summed E-state index contributed by atoms with van der Waals surface area (Å²) in [6.07, 6.45) is 2.39. The molecule has 4 nitrogen and oxygen atoms in total. The second kappa shape index (κ2) is 8.32. The van der Waals surface area contributed by atoms with Gasteiger partial charge in [-0.15, -0.1) is 0 Å². The topological polar surface area (TPSA) is 58.2 Å². The van der Waals surface area contributed by atoms with Gasteiger partial charge in [-0.1, -0.05) is 22.0 Å². The van der Waals surface area contributed by atoms with Crippen molar-refractivity contribution < 1.29 is 9.00 Å². The molecule has 1 atom stereocenters. The van der Waals surface area contributed by atoms with Crippen LogP contribution in [0.3, 0.4) is 0 Å². The zero-order valence-corrected chi connectivity index (χ0v) is 13.6. The fourth-order valence-corrected chi connectivity index (χ4v) is 2.60. The predicted octanol–water partition coefficient (Wildman–Crippen LogP) is 2.33. The van der Waals surface area contributed by atoms with Gasteiger partial charge in [0.05, 0.1) is 0 Å². The van der Waals surface area contributed by atoms with Gasteiger partial charge in [0, 0.05) is 40.4 Å². The van der Waals surface area contributed by atoms with E-state index < -0.39 is 10.8 Å². The van der Waals surface area contributed by atoms with Crippen LogP contribution < -0.4 is 10.6 Å². The molecule has 1 aromatic rings. The van der Waals surface area contributed by atoms with Crippen LogP contribution in [0.5, 0.6) is 0 Å². The maximum atomic E-state index is 11.5. The minimum absolute atomic E-state index is 0.191. The zero-order chi connectivity index (χ0) is 14.3. The summed E-state index contributed by atoms with van der Waals surface area (Å²) in [4.78, 5) is 11.5. The van der Waals surface area contributed by atoms with Crippen LogP contribution in [0.2, 0.25) is 0 Å². The van der Waals surface area contributed by atoms with E-state index in [1.807, 2.05) is 25.1 Å². The Morgan fingerprint density at radius 2 is 2.11 bits per heavy atom. The Balaban J connectivity index is 2.28. The highest BCUT2D eigenvalue weighted by Crippen LogP contribution is 2.15. The minimum atomic E-state index is -0.795. The molecular weight excluding hydrogens is 328 g/mol. The molecule has 0 aliphatic heterocycles. The van der Waals surface area contributed by atoms with Crippen LogP contribution in [0.4, 0.5) is 4.79 Å². The molecule has 0 fully saturated rings. The first kappa shape index (κ1) is 16.2. The van der Waals surface area contributed by atoms with Crippen molar-refractivity contribution in [1.29, 1.82) is 0 Å². The Morgan fingerprint density at radius 3 is 2.74 bits per heavy atom. The number of rotatable bonds is 6. The van der Waals surface area contributed by atoms with E-state index in [2.05, 4.69) is 26.6 Å². The van der Waals surface area contributed by atoms with Crippen LogP contribution in [0.1, 0.15) is 17.5 Å². The predicted molar refractivity (Wildman–Crippen MR) is 82.7 cm³/mol. The molecular formula is C13H19BrN2O2S. The molecule has 0 aliphatic carbocycles. The molecule has 6 heteroatoms. The van der Waals surface area contributed by atoms with Gasteiger partial charge < -0.3 is 10.6 Å². The monoisotopic (exact) mass is 346 g/mol. The number of urea groups is 1. The summed E-state index contributed by atoms with van der Waals surface area (Å²) in [6, 6.07) is 5.77. The first-order chi connectivity index (χ1) is 8.99. The van der Waals surface area contributed by atoms with E-state index >= 15 is 0 Å². The molecule has 0 radical (unpaired) electrons. The van der Waals surface area contributed by atoms with Crippen LogP contribution in [0.15, 0.2) is 22.7 Å². The second-order valence-corrected chi connectivity index (χ2v) is 6.78. The van der Waals surface area contributed by atoms with Gasteiger partial charge in [-0.25, -0.2) is 4.79 Å². The Morgan fingerprint density at radius 1 is 1.37 bits per heavy atom. The molecule has 0 spiro atoms. The highest BCUT2D eigenvalue weighted by Gasteiger charge is 2.03. The molecule has 1 rings (SSSR count). The zero-order valence-electron chi connectivity index (χ0n) is 11.2. The van der Waals surface area contributed by atoms with Gasteiger partial charge in [-0.3, -0.25) is 4.21 Å². The number of amides is 2. The van der Waals surface area contributed by atoms with Crippen LogP contribution in [0.25, 0.3) is 0 Å². The standard InChI is InChI=1S/C13H19BrN2O2S/c1-10-8-12(14)5-4-11(10)9-16-13(17)15-6-3-7-19(2)18/h4-5,8H,3,6-7,9H2,1-2H3,(H2,15,16,17)/t19-/m0/s1. The summed E-state index contributed by atoms with van der Waals surface area (Å²) in [5, 5.41) is 5.55. The first-order valence-electron chi connectivity index (χ1n) is 6.06. The van der Waals surface area contributed by atoms with Gasteiger partial charge in [-0.2, -0.15) is 0 Å². The average Bonchev–Trinajstić information content (AvgIpc) is 2.33. The third-order valence-corrected chi connectivity index (χ3v) is 4.00. The number of hydrogen-bond donors (Lipinski definition) is 2. The van der Waals surface area contributed by atoms with E-state index in [1.54, 1.807) is 6.26 Å². The summed E-state index contributed by atoms with van der Waals surface area (Å²) in [7, 11) is -0.795. The third kappa shape index (κ3) is 6.73. The Hall–Kier alpha value is -0.880. The number of hydrogen-bond acceptors (Lipinski definition) is 2. The molecule has 0 unspecified atom stereocenters. The van der Waals surface area contributed by atoms with Crippen molar-refractivity contribution >= 4 is 32.8 Å². The SMILES string of the molecule is Cc1cc(Br)ccc1CNC(=O)NCCC[S@](C)=O. The van der Waals surface area contributed by atoms with Crippen molar-refractivity contribution in [2.75, 3.05) is 18.6 Å². The van der Waals surface area contributed by atoms with Crippen LogP contribution in [-0.2, 0) is 17.3 Å². The number of aryl methyl sites for hydroxylation is 1. The van der Waals surface area contributed by atoms with Gasteiger partial charge in [0.15, 0.2) is 0 Å². The lowest BCUT2D eigenvalue weighted by Gasteiger charge is -2.09. The number of carbonyl (C=O) groups excluding carboxylic acids is 1. The molecule has 0 aromatic heterocycles. The van der Waals surface area contributed by atoms with Crippen molar-refractivity contribution in [3.63, 3.8) is 0 Å². The van der Waals surface area contributed by atoms with E-state index in [9.17, 15) is 9.00 Å². The van der Waals surface area contributed by atoms with Crippen LogP contribution in [0, 0.1) is 6.92 Å². The molecule has 0 bridgehead atoms. The molecule has 2 N–H and O–H groups in total. The lowest BCUT2D eigenvalue weighted by atomic mass is 10.1. The smallest absolute Gasteiger partial charge is 0.315 e. The van der Waals surface area contributed by atoms with Gasteiger partial charge >= 0.3 is 6.03 Å². The van der Waals surface area contributed by atoms with Crippen molar-refractivity contribution in [2.24, 2.45) is 0 Å². The van der Waals surface area contributed by atoms with Gasteiger partial charge in [-0.05, 0) is 36.6 Å². The van der Waals surface area contributed by atoms with E-state index in [0.29, 0.717) is 18.8 Å². The summed E-state index contributed by atoms with van der Waals surface area (Å²) in [5.41, 5.74) is 2.23. The van der Waals surface area contributed by atoms with Crippen molar-refractivity contribution in [2.45, 2.75) is 19.9 Å². The summed E-state index contributed by atoms with van der Waals surface area (Å²) in [6.45, 7) is 3.06. The number of benzene rings is 1. The molecule has 19 heavy (non-hydrogen) atoms. The fourth-order valence-electron chi connectivity index (χ4n) is 1.57. The second-order valence-electron chi connectivity index (χ2n) is 4.31. The number of nitrogens with one attached hydrogen (secondary N) is 2. The lowest BCUT2D eigenvalue weighted by molar-refractivity contribution is 0.240. The van der Waals surface area contributed by atoms with Crippen LogP contribution in [-0.4, -0.2) is 28.8 Å². The summed E-state index contributed by atoms with van der Waals surface area (Å²) in [5.74, 6) is 0.617. The molecule has 0 aliphatic rings. The first-order valence-corrected chi connectivity index (χ1v) is 8.58. The largest absolute Gasteiger partial charge is 0.338 e.